The number of aromatic nitrogens is 2. The van der Waals surface area contributed by atoms with E-state index in [9.17, 15) is 0 Å². The van der Waals surface area contributed by atoms with Crippen molar-refractivity contribution in [3.8, 4) is 0 Å². The molecular weight excluding hydrogens is 344 g/mol. The monoisotopic (exact) mass is 348 g/mol. The van der Waals surface area contributed by atoms with Gasteiger partial charge in [0.25, 0.3) is 0 Å². The van der Waals surface area contributed by atoms with Crippen LogP contribution in [0.5, 0.6) is 0 Å². The van der Waals surface area contributed by atoms with Gasteiger partial charge < -0.3 is 0 Å². The van der Waals surface area contributed by atoms with E-state index < -0.39 is 0 Å². The molecular formula is C14H6BrClN2S. The van der Waals surface area contributed by atoms with Gasteiger partial charge in [-0.3, -0.25) is 0 Å². The Morgan fingerprint density at radius 3 is 2.79 bits per heavy atom. The lowest BCUT2D eigenvalue weighted by Gasteiger charge is -1.98. The Labute approximate surface area is 126 Å². The van der Waals surface area contributed by atoms with Crippen LogP contribution in [0.2, 0.25) is 5.02 Å². The summed E-state index contributed by atoms with van der Waals surface area (Å²) in [6.07, 6.45) is 0. The van der Waals surface area contributed by atoms with Crippen LogP contribution in [0.25, 0.3) is 31.5 Å². The van der Waals surface area contributed by atoms with Crippen LogP contribution in [-0.4, -0.2) is 9.97 Å². The van der Waals surface area contributed by atoms with E-state index in [1.54, 1.807) is 11.3 Å². The number of benzene rings is 2. The van der Waals surface area contributed by atoms with Crippen molar-refractivity contribution in [2.24, 2.45) is 0 Å². The molecule has 0 aliphatic carbocycles. The van der Waals surface area contributed by atoms with Crippen molar-refractivity contribution < 1.29 is 0 Å². The summed E-state index contributed by atoms with van der Waals surface area (Å²) >= 11 is 11.1. The molecule has 0 unspecified atom stereocenters. The largest absolute Gasteiger partial charge is 0.243 e. The van der Waals surface area contributed by atoms with Gasteiger partial charge in [-0.2, -0.15) is 0 Å². The summed E-state index contributed by atoms with van der Waals surface area (Å²) in [4.78, 5) is 10.4. The van der Waals surface area contributed by atoms with Gasteiger partial charge in [-0.05, 0) is 36.4 Å². The average molecular weight is 350 g/mol. The third-order valence-corrected chi connectivity index (χ3v) is 4.76. The average Bonchev–Trinajstić information content (AvgIpc) is 2.72. The molecule has 0 N–H and O–H groups in total. The molecule has 0 atom stereocenters. The van der Waals surface area contributed by atoms with Crippen LogP contribution in [0.1, 0.15) is 0 Å². The Morgan fingerprint density at radius 2 is 1.89 bits per heavy atom. The number of thiophene rings is 1. The van der Waals surface area contributed by atoms with E-state index >= 15 is 0 Å². The second-order valence-corrected chi connectivity index (χ2v) is 6.64. The van der Waals surface area contributed by atoms with Crippen LogP contribution in [0.3, 0.4) is 0 Å². The van der Waals surface area contributed by atoms with Crippen LogP contribution in [0, 0.1) is 0 Å². The highest BCUT2D eigenvalue weighted by molar-refractivity contribution is 9.10. The molecule has 4 rings (SSSR count). The number of hydrogen-bond donors (Lipinski definition) is 0. The summed E-state index contributed by atoms with van der Waals surface area (Å²) in [5, 5.41) is 1.85. The van der Waals surface area contributed by atoms with Gasteiger partial charge in [0.05, 0.1) is 11.0 Å². The standard InChI is InChI=1S/C14H6BrClN2S/c15-7-1-4-10-11(5-7)17-13-9-3-2-8(16)6-12(9)19-14(13)18-10/h1-6H. The van der Waals surface area contributed by atoms with Gasteiger partial charge >= 0.3 is 0 Å². The smallest absolute Gasteiger partial charge is 0.143 e. The first kappa shape index (κ1) is 11.6. The Morgan fingerprint density at radius 1 is 1.00 bits per heavy atom. The fourth-order valence-corrected chi connectivity index (χ4v) is 3.79. The summed E-state index contributed by atoms with van der Waals surface area (Å²) in [6, 6.07) is 11.8. The van der Waals surface area contributed by atoms with Crippen LogP contribution in [-0.2, 0) is 0 Å². The molecule has 2 nitrogen and oxygen atoms in total. The van der Waals surface area contributed by atoms with Crippen molar-refractivity contribution in [1.29, 1.82) is 0 Å². The van der Waals surface area contributed by atoms with E-state index in [0.29, 0.717) is 0 Å². The number of hydrogen-bond acceptors (Lipinski definition) is 3. The number of rotatable bonds is 0. The van der Waals surface area contributed by atoms with Gasteiger partial charge in [0, 0.05) is 19.6 Å². The highest BCUT2D eigenvalue weighted by Gasteiger charge is 2.09. The maximum Gasteiger partial charge on any atom is 0.143 e. The van der Waals surface area contributed by atoms with E-state index in [2.05, 4.69) is 20.9 Å². The fraction of sp³-hybridized carbons (Fsp3) is 0. The van der Waals surface area contributed by atoms with E-state index in [1.165, 1.54) is 0 Å². The van der Waals surface area contributed by atoms with Crippen LogP contribution < -0.4 is 0 Å². The van der Waals surface area contributed by atoms with Crippen molar-refractivity contribution in [3.63, 3.8) is 0 Å². The summed E-state index contributed by atoms with van der Waals surface area (Å²) in [5.41, 5.74) is 2.76. The van der Waals surface area contributed by atoms with Gasteiger partial charge in [-0.25, -0.2) is 9.97 Å². The quantitative estimate of drug-likeness (QED) is 0.424. The lowest BCUT2D eigenvalue weighted by molar-refractivity contribution is 1.42. The number of nitrogens with zero attached hydrogens (tertiary/aromatic N) is 2. The summed E-state index contributed by atoms with van der Waals surface area (Å²) < 4.78 is 2.13. The van der Waals surface area contributed by atoms with Crippen LogP contribution in [0.4, 0.5) is 0 Å². The van der Waals surface area contributed by atoms with E-state index in [1.807, 2.05) is 36.4 Å². The molecule has 0 radical (unpaired) electrons. The fourth-order valence-electron chi connectivity index (χ4n) is 2.14. The minimum absolute atomic E-state index is 0.742. The first-order valence-corrected chi connectivity index (χ1v) is 7.64. The summed E-state index contributed by atoms with van der Waals surface area (Å²) in [6.45, 7) is 0. The Balaban J connectivity index is 2.20. The molecule has 0 spiro atoms. The Bertz CT molecular complexity index is 948. The molecule has 92 valence electrons. The van der Waals surface area contributed by atoms with Gasteiger partial charge in [-0.15, -0.1) is 11.3 Å². The zero-order valence-electron chi connectivity index (χ0n) is 9.52. The van der Waals surface area contributed by atoms with Crippen molar-refractivity contribution in [3.05, 3.63) is 45.9 Å². The first-order chi connectivity index (χ1) is 9.20. The third kappa shape index (κ3) is 1.83. The van der Waals surface area contributed by atoms with Gasteiger partial charge in [0.2, 0.25) is 0 Å². The van der Waals surface area contributed by atoms with Crippen molar-refractivity contribution in [2.45, 2.75) is 0 Å². The lowest BCUT2D eigenvalue weighted by atomic mass is 10.2. The highest BCUT2D eigenvalue weighted by atomic mass is 79.9. The topological polar surface area (TPSA) is 25.8 Å². The molecule has 0 saturated heterocycles. The molecule has 0 aliphatic heterocycles. The molecule has 2 heterocycles. The van der Waals surface area contributed by atoms with E-state index in [4.69, 9.17) is 16.6 Å². The lowest BCUT2D eigenvalue weighted by Crippen LogP contribution is -1.83. The Kier molecular flexibility index (Phi) is 2.52. The predicted molar refractivity (Wildman–Crippen MR) is 85.1 cm³/mol. The van der Waals surface area contributed by atoms with Crippen molar-refractivity contribution in [2.75, 3.05) is 0 Å². The molecule has 0 fully saturated rings. The van der Waals surface area contributed by atoms with E-state index in [0.717, 1.165) is 41.0 Å². The molecule has 2 aromatic carbocycles. The Hall–Kier alpha value is -1.23. The second kappa shape index (κ2) is 4.13. The molecule has 0 amide bonds. The molecule has 0 bridgehead atoms. The second-order valence-electron chi connectivity index (χ2n) is 4.25. The molecule has 0 saturated carbocycles. The van der Waals surface area contributed by atoms with Crippen LogP contribution >= 0.6 is 38.9 Å². The maximum atomic E-state index is 6.03. The van der Waals surface area contributed by atoms with Crippen LogP contribution in [0.15, 0.2) is 40.9 Å². The summed E-state index contributed by atoms with van der Waals surface area (Å²) in [5.74, 6) is 0. The predicted octanol–water partition coefficient (Wildman–Crippen LogP) is 5.41. The molecule has 0 aliphatic rings. The van der Waals surface area contributed by atoms with Crippen molar-refractivity contribution >= 4 is 70.3 Å². The molecule has 5 heteroatoms. The molecule has 2 aromatic heterocycles. The molecule has 19 heavy (non-hydrogen) atoms. The van der Waals surface area contributed by atoms with Crippen molar-refractivity contribution in [1.82, 2.24) is 9.97 Å². The number of halogens is 2. The molecule has 4 aromatic rings. The minimum Gasteiger partial charge on any atom is -0.243 e. The zero-order valence-corrected chi connectivity index (χ0v) is 12.7. The third-order valence-electron chi connectivity index (χ3n) is 3.00. The zero-order chi connectivity index (χ0) is 13.0. The highest BCUT2D eigenvalue weighted by Crippen LogP contribution is 2.34. The minimum atomic E-state index is 0.742. The van der Waals surface area contributed by atoms with E-state index in [-0.39, 0.29) is 0 Å². The number of fused-ring (bicyclic) bond motifs is 4. The SMILES string of the molecule is Clc1ccc2c(c1)sc1nc3ccc(Br)cc3nc12. The normalized spacial score (nSPS) is 11.7. The van der Waals surface area contributed by atoms with Gasteiger partial charge in [-0.1, -0.05) is 27.5 Å². The summed E-state index contributed by atoms with van der Waals surface area (Å²) in [7, 11) is 0. The van der Waals surface area contributed by atoms with Gasteiger partial charge in [0.1, 0.15) is 10.3 Å². The van der Waals surface area contributed by atoms with Gasteiger partial charge in [0.15, 0.2) is 0 Å². The maximum absolute atomic E-state index is 6.03. The first-order valence-electron chi connectivity index (χ1n) is 5.66.